The molecule has 0 heterocycles. The van der Waals surface area contributed by atoms with Crippen LogP contribution in [0.4, 0.5) is 0 Å². The third-order valence-corrected chi connectivity index (χ3v) is 3.00. The summed E-state index contributed by atoms with van der Waals surface area (Å²) in [7, 11) is 0. The van der Waals surface area contributed by atoms with Gasteiger partial charge in [-0.2, -0.15) is 5.26 Å². The minimum absolute atomic E-state index is 0.313. The van der Waals surface area contributed by atoms with Gasteiger partial charge in [0, 0.05) is 5.56 Å². The molecule has 0 saturated heterocycles. The van der Waals surface area contributed by atoms with Crippen LogP contribution in [-0.4, -0.2) is 18.4 Å². The van der Waals surface area contributed by atoms with Gasteiger partial charge in [0.05, 0.1) is 5.56 Å². The summed E-state index contributed by atoms with van der Waals surface area (Å²) >= 11 is 0. The molecule has 6 heteroatoms. The Labute approximate surface area is 133 Å². The van der Waals surface area contributed by atoms with Gasteiger partial charge in [-0.05, 0) is 31.2 Å². The van der Waals surface area contributed by atoms with E-state index in [1.807, 2.05) is 13.0 Å². The molecule has 2 amide bonds. The van der Waals surface area contributed by atoms with Gasteiger partial charge in [-0.3, -0.25) is 20.4 Å². The van der Waals surface area contributed by atoms with Gasteiger partial charge >= 0.3 is 0 Å². The molecule has 0 atom stereocenters. The number of carbonyl (C=O) groups is 2. The average Bonchev–Trinajstić information content (AvgIpc) is 2.58. The van der Waals surface area contributed by atoms with Gasteiger partial charge in [-0.15, -0.1) is 0 Å². The van der Waals surface area contributed by atoms with Crippen LogP contribution in [0.3, 0.4) is 0 Å². The van der Waals surface area contributed by atoms with Crippen LogP contribution in [0.2, 0.25) is 0 Å². The monoisotopic (exact) mass is 309 g/mol. The number of rotatable bonds is 4. The van der Waals surface area contributed by atoms with E-state index in [9.17, 15) is 9.59 Å². The zero-order valence-corrected chi connectivity index (χ0v) is 12.5. The lowest BCUT2D eigenvalue weighted by Crippen LogP contribution is -2.43. The lowest BCUT2D eigenvalue weighted by Gasteiger charge is -2.09. The number of para-hydroxylation sites is 1. The van der Waals surface area contributed by atoms with Crippen LogP contribution in [0.5, 0.6) is 5.75 Å². The van der Waals surface area contributed by atoms with E-state index in [0.29, 0.717) is 16.9 Å². The zero-order chi connectivity index (χ0) is 16.7. The molecule has 0 aliphatic heterocycles. The number of nitriles is 1. The minimum Gasteiger partial charge on any atom is -0.482 e. The van der Waals surface area contributed by atoms with Gasteiger partial charge in [0.25, 0.3) is 11.8 Å². The summed E-state index contributed by atoms with van der Waals surface area (Å²) in [5.74, 6) is -0.635. The van der Waals surface area contributed by atoms with E-state index in [0.717, 1.165) is 5.56 Å². The van der Waals surface area contributed by atoms with E-state index < -0.39 is 11.8 Å². The minimum atomic E-state index is -0.529. The molecule has 0 fully saturated rings. The Morgan fingerprint density at radius 1 is 1.09 bits per heavy atom. The van der Waals surface area contributed by atoms with Crippen LogP contribution in [0.15, 0.2) is 48.5 Å². The molecule has 0 aliphatic rings. The zero-order valence-electron chi connectivity index (χ0n) is 12.5. The first-order valence-electron chi connectivity index (χ1n) is 6.88. The van der Waals surface area contributed by atoms with Crippen molar-refractivity contribution in [3.05, 3.63) is 65.2 Å². The number of hydrogen-bond acceptors (Lipinski definition) is 4. The van der Waals surface area contributed by atoms with Crippen molar-refractivity contribution in [1.29, 1.82) is 5.26 Å². The molecule has 0 spiro atoms. The van der Waals surface area contributed by atoms with Crippen LogP contribution < -0.4 is 15.6 Å². The molecule has 6 nitrogen and oxygen atoms in total. The van der Waals surface area contributed by atoms with Crippen LogP contribution in [0.25, 0.3) is 0 Å². The van der Waals surface area contributed by atoms with E-state index in [4.69, 9.17) is 10.00 Å². The number of carbonyl (C=O) groups excluding carboxylic acids is 2. The van der Waals surface area contributed by atoms with E-state index in [1.165, 1.54) is 0 Å². The first-order valence-corrected chi connectivity index (χ1v) is 6.88. The van der Waals surface area contributed by atoms with E-state index in [2.05, 4.69) is 10.9 Å². The molecule has 2 aromatic carbocycles. The number of hydrazine groups is 1. The second-order valence-corrected chi connectivity index (χ2v) is 4.76. The van der Waals surface area contributed by atoms with Crippen molar-refractivity contribution in [2.24, 2.45) is 0 Å². The Balaban J connectivity index is 1.82. The number of benzene rings is 2. The van der Waals surface area contributed by atoms with Gasteiger partial charge in [0.1, 0.15) is 11.8 Å². The Bertz CT molecular complexity index is 748. The fourth-order valence-electron chi connectivity index (χ4n) is 1.77. The Hall–Kier alpha value is -3.33. The largest absolute Gasteiger partial charge is 0.482 e. The fourth-order valence-corrected chi connectivity index (χ4v) is 1.77. The highest BCUT2D eigenvalue weighted by Gasteiger charge is 2.09. The van der Waals surface area contributed by atoms with Gasteiger partial charge in [0.2, 0.25) is 0 Å². The number of nitrogens with zero attached hydrogens (tertiary/aromatic N) is 1. The highest BCUT2D eigenvalue weighted by molar-refractivity contribution is 5.95. The van der Waals surface area contributed by atoms with Gasteiger partial charge in [-0.25, -0.2) is 0 Å². The maximum Gasteiger partial charge on any atom is 0.276 e. The SMILES string of the molecule is Cc1ccc(C(=O)NNC(=O)COc2ccccc2C#N)cc1. The van der Waals surface area contributed by atoms with Crippen molar-refractivity contribution < 1.29 is 14.3 Å². The molecule has 0 bridgehead atoms. The molecule has 0 aromatic heterocycles. The summed E-state index contributed by atoms with van der Waals surface area (Å²) in [5, 5.41) is 8.92. The summed E-state index contributed by atoms with van der Waals surface area (Å²) in [4.78, 5) is 23.5. The van der Waals surface area contributed by atoms with Crippen molar-refractivity contribution in [3.63, 3.8) is 0 Å². The smallest absolute Gasteiger partial charge is 0.276 e. The van der Waals surface area contributed by atoms with Crippen molar-refractivity contribution in [2.75, 3.05) is 6.61 Å². The standard InChI is InChI=1S/C17H15N3O3/c1-12-6-8-13(9-7-12)17(22)20-19-16(21)11-23-15-5-3-2-4-14(15)10-18/h2-9H,11H2,1H3,(H,19,21)(H,20,22). The number of aryl methyl sites for hydroxylation is 1. The average molecular weight is 309 g/mol. The summed E-state index contributed by atoms with van der Waals surface area (Å²) in [6.07, 6.45) is 0. The van der Waals surface area contributed by atoms with E-state index in [-0.39, 0.29) is 6.61 Å². The quantitative estimate of drug-likeness (QED) is 0.841. The Morgan fingerprint density at radius 3 is 2.48 bits per heavy atom. The highest BCUT2D eigenvalue weighted by Crippen LogP contribution is 2.16. The van der Waals surface area contributed by atoms with Crippen LogP contribution >= 0.6 is 0 Å². The molecular formula is C17H15N3O3. The second kappa shape index (κ2) is 7.61. The molecule has 23 heavy (non-hydrogen) atoms. The Morgan fingerprint density at radius 2 is 1.78 bits per heavy atom. The highest BCUT2D eigenvalue weighted by atomic mass is 16.5. The predicted molar refractivity (Wildman–Crippen MR) is 83.4 cm³/mol. The molecule has 2 aromatic rings. The summed E-state index contributed by atoms with van der Waals surface area (Å²) in [5.41, 5.74) is 6.37. The Kier molecular flexibility index (Phi) is 5.31. The molecule has 0 aliphatic carbocycles. The van der Waals surface area contributed by atoms with Crippen molar-refractivity contribution >= 4 is 11.8 Å². The first-order chi connectivity index (χ1) is 11.1. The molecule has 2 rings (SSSR count). The lowest BCUT2D eigenvalue weighted by molar-refractivity contribution is -0.123. The van der Waals surface area contributed by atoms with Gasteiger partial charge in [0.15, 0.2) is 6.61 Å². The summed E-state index contributed by atoms with van der Waals surface area (Å²) in [6.45, 7) is 1.60. The first kappa shape index (κ1) is 16.0. The van der Waals surface area contributed by atoms with Crippen LogP contribution in [-0.2, 0) is 4.79 Å². The molecular weight excluding hydrogens is 294 g/mol. The van der Waals surface area contributed by atoms with Gasteiger partial charge < -0.3 is 4.74 Å². The maximum absolute atomic E-state index is 11.8. The number of nitrogens with one attached hydrogen (secondary N) is 2. The fraction of sp³-hybridized carbons (Fsp3) is 0.118. The van der Waals surface area contributed by atoms with Crippen LogP contribution in [0, 0.1) is 18.3 Å². The third kappa shape index (κ3) is 4.58. The lowest BCUT2D eigenvalue weighted by atomic mass is 10.1. The number of amides is 2. The molecule has 2 N–H and O–H groups in total. The topological polar surface area (TPSA) is 91.2 Å². The van der Waals surface area contributed by atoms with E-state index in [1.54, 1.807) is 48.5 Å². The second-order valence-electron chi connectivity index (χ2n) is 4.76. The molecule has 116 valence electrons. The van der Waals surface area contributed by atoms with Gasteiger partial charge in [-0.1, -0.05) is 29.8 Å². The van der Waals surface area contributed by atoms with Crippen molar-refractivity contribution in [2.45, 2.75) is 6.92 Å². The van der Waals surface area contributed by atoms with E-state index >= 15 is 0 Å². The van der Waals surface area contributed by atoms with Crippen molar-refractivity contribution in [1.82, 2.24) is 10.9 Å². The predicted octanol–water partition coefficient (Wildman–Crippen LogP) is 1.71. The summed E-state index contributed by atoms with van der Waals surface area (Å²) in [6, 6.07) is 15.5. The molecule has 0 unspecified atom stereocenters. The van der Waals surface area contributed by atoms with Crippen LogP contribution in [0.1, 0.15) is 21.5 Å². The molecule has 0 radical (unpaired) electrons. The third-order valence-electron chi connectivity index (χ3n) is 3.00. The molecule has 0 saturated carbocycles. The number of ether oxygens (including phenoxy) is 1. The summed E-state index contributed by atoms with van der Waals surface area (Å²) < 4.78 is 5.26. The van der Waals surface area contributed by atoms with Crippen molar-refractivity contribution in [3.8, 4) is 11.8 Å². The normalized spacial score (nSPS) is 9.57. The maximum atomic E-state index is 11.8. The number of hydrogen-bond donors (Lipinski definition) is 2.